The van der Waals surface area contributed by atoms with Crippen LogP contribution in [0.15, 0.2) is 6.07 Å². The maximum absolute atomic E-state index is 14.4. The molecule has 1 aromatic carbocycles. The van der Waals surface area contributed by atoms with Gasteiger partial charge in [0.05, 0.1) is 5.02 Å². The molecule has 3 rings (SSSR count). The van der Waals surface area contributed by atoms with E-state index in [1.807, 2.05) is 13.8 Å². The first kappa shape index (κ1) is 17.0. The van der Waals surface area contributed by atoms with Gasteiger partial charge in [-0.05, 0) is 42.9 Å². The first-order valence-electron chi connectivity index (χ1n) is 8.13. The van der Waals surface area contributed by atoms with Crippen LogP contribution in [0.5, 0.6) is 0 Å². The Bertz CT molecular complexity index is 674. The van der Waals surface area contributed by atoms with E-state index in [0.29, 0.717) is 29.7 Å². The Morgan fingerprint density at radius 2 is 1.83 bits per heavy atom. The molecule has 5 nitrogen and oxygen atoms in total. The summed E-state index contributed by atoms with van der Waals surface area (Å²) in [5, 5.41) is 0.0750. The van der Waals surface area contributed by atoms with E-state index in [1.54, 1.807) is 11.0 Å². The van der Waals surface area contributed by atoms with Crippen molar-refractivity contribution in [3.05, 3.63) is 28.0 Å². The highest BCUT2D eigenvalue weighted by Gasteiger charge is 2.42. The van der Waals surface area contributed by atoms with Crippen LogP contribution in [0.1, 0.15) is 44.2 Å². The second-order valence-electron chi connectivity index (χ2n) is 5.97. The van der Waals surface area contributed by atoms with E-state index in [0.717, 1.165) is 12.8 Å². The van der Waals surface area contributed by atoms with Crippen LogP contribution in [0.4, 0.5) is 10.1 Å². The van der Waals surface area contributed by atoms with Gasteiger partial charge in [0.15, 0.2) is 0 Å². The Kier molecular flexibility index (Phi) is 4.67. The van der Waals surface area contributed by atoms with E-state index in [-0.39, 0.29) is 17.5 Å². The summed E-state index contributed by atoms with van der Waals surface area (Å²) in [6.07, 6.45) is 1.23. The Balaban J connectivity index is 2.07. The highest BCUT2D eigenvalue weighted by atomic mass is 35.5. The minimum absolute atomic E-state index is 0.0743. The number of halogens is 2. The van der Waals surface area contributed by atoms with Crippen LogP contribution in [0.25, 0.3) is 0 Å². The third-order valence-electron chi connectivity index (χ3n) is 4.29. The van der Waals surface area contributed by atoms with Gasteiger partial charge in [0.25, 0.3) is 0 Å². The van der Waals surface area contributed by atoms with E-state index in [1.165, 1.54) is 0 Å². The van der Waals surface area contributed by atoms with Crippen LogP contribution in [0, 0.1) is 5.82 Å². The summed E-state index contributed by atoms with van der Waals surface area (Å²) in [4.78, 5) is 25.0. The molecule has 2 fully saturated rings. The van der Waals surface area contributed by atoms with E-state index < -0.39 is 24.2 Å². The fraction of sp³-hybridized carbons (Fsp3) is 0.529. The Morgan fingerprint density at radius 3 is 2.33 bits per heavy atom. The summed E-state index contributed by atoms with van der Waals surface area (Å²) in [6, 6.07) is 1.79. The molecule has 1 aliphatic heterocycles. The van der Waals surface area contributed by atoms with E-state index >= 15 is 0 Å². The van der Waals surface area contributed by atoms with Crippen LogP contribution in [-0.4, -0.2) is 24.4 Å². The predicted octanol–water partition coefficient (Wildman–Crippen LogP) is 3.35. The number of anilines is 1. The summed E-state index contributed by atoms with van der Waals surface area (Å²) < 4.78 is 24.8. The number of esters is 2. The average molecular weight is 356 g/mol. The number of rotatable bonds is 5. The molecule has 24 heavy (non-hydrogen) atoms. The molecule has 0 bridgehead atoms. The third kappa shape index (κ3) is 3.07. The highest BCUT2D eigenvalue weighted by Crippen LogP contribution is 2.41. The van der Waals surface area contributed by atoms with Gasteiger partial charge >= 0.3 is 18.4 Å². The van der Waals surface area contributed by atoms with Crippen LogP contribution in [0.2, 0.25) is 5.02 Å². The molecule has 1 aliphatic carbocycles. The molecule has 1 aromatic rings. The van der Waals surface area contributed by atoms with Crippen molar-refractivity contribution in [1.29, 1.82) is 0 Å². The molecular formula is C17H19ClFNO4. The van der Waals surface area contributed by atoms with Crippen molar-refractivity contribution < 1.29 is 23.5 Å². The number of nitrogens with zero attached hydrogens (tertiary/aromatic N) is 1. The van der Waals surface area contributed by atoms with Gasteiger partial charge in [-0.1, -0.05) is 25.4 Å². The number of cyclic esters (lactones) is 2. The first-order valence-corrected chi connectivity index (χ1v) is 8.51. The lowest BCUT2D eigenvalue weighted by atomic mass is 10.0. The van der Waals surface area contributed by atoms with Crippen molar-refractivity contribution in [2.45, 2.75) is 58.4 Å². The minimum Gasteiger partial charge on any atom is -0.405 e. The molecule has 2 aliphatic rings. The molecule has 0 atom stereocenters. The molecule has 1 saturated carbocycles. The summed E-state index contributed by atoms with van der Waals surface area (Å²) in [6.45, 7) is 3.71. The third-order valence-corrected chi connectivity index (χ3v) is 4.69. The zero-order chi connectivity index (χ0) is 17.4. The van der Waals surface area contributed by atoms with Gasteiger partial charge in [-0.15, -0.1) is 0 Å². The molecule has 0 spiro atoms. The zero-order valence-electron chi connectivity index (χ0n) is 13.6. The Morgan fingerprint density at radius 1 is 1.21 bits per heavy atom. The average Bonchev–Trinajstić information content (AvgIpc) is 3.35. The number of hydrogen-bond donors (Lipinski definition) is 0. The summed E-state index contributed by atoms with van der Waals surface area (Å²) in [5.74, 6) is -1.67. The van der Waals surface area contributed by atoms with Crippen molar-refractivity contribution in [3.63, 3.8) is 0 Å². The molecule has 1 heterocycles. The highest BCUT2D eigenvalue weighted by molar-refractivity contribution is 6.32. The summed E-state index contributed by atoms with van der Waals surface area (Å²) in [5.41, 5.74) is 1.76. The largest absolute Gasteiger partial charge is 0.405 e. The SMILES string of the molecule is CCc1cc(N(C2CC2)C2OC(=O)CC(=O)O2)c(CC)c(Cl)c1F. The van der Waals surface area contributed by atoms with Gasteiger partial charge in [0, 0.05) is 11.7 Å². The number of aryl methyl sites for hydroxylation is 1. The van der Waals surface area contributed by atoms with Gasteiger partial charge in [-0.3, -0.25) is 14.5 Å². The normalized spacial score (nSPS) is 18.3. The molecule has 0 N–H and O–H groups in total. The fourth-order valence-electron chi connectivity index (χ4n) is 2.92. The van der Waals surface area contributed by atoms with Crippen molar-refractivity contribution >= 4 is 29.2 Å². The second-order valence-corrected chi connectivity index (χ2v) is 6.35. The maximum Gasteiger partial charge on any atom is 0.332 e. The monoisotopic (exact) mass is 355 g/mol. The van der Waals surface area contributed by atoms with Crippen molar-refractivity contribution in [2.24, 2.45) is 0 Å². The van der Waals surface area contributed by atoms with Crippen molar-refractivity contribution in [1.82, 2.24) is 0 Å². The quantitative estimate of drug-likeness (QED) is 0.599. The Hall–Kier alpha value is -1.82. The molecular weight excluding hydrogens is 337 g/mol. The molecule has 0 amide bonds. The first-order chi connectivity index (χ1) is 11.5. The lowest BCUT2D eigenvalue weighted by Crippen LogP contribution is -2.47. The molecule has 0 radical (unpaired) electrons. The standard InChI is InChI=1S/C17H19ClFNO4/c1-3-9-7-12(11(4-2)15(18)16(9)19)20(10-5-6-10)17-23-13(21)8-14(22)24-17/h7,10,17H,3-6,8H2,1-2H3. The summed E-state index contributed by atoms with van der Waals surface area (Å²) >= 11 is 6.23. The van der Waals surface area contributed by atoms with E-state index in [2.05, 4.69) is 0 Å². The van der Waals surface area contributed by atoms with Crippen molar-refractivity contribution in [3.8, 4) is 0 Å². The number of ether oxygens (including phenoxy) is 2. The van der Waals surface area contributed by atoms with Crippen LogP contribution < -0.4 is 4.90 Å². The molecule has 1 saturated heterocycles. The van der Waals surface area contributed by atoms with Gasteiger partial charge < -0.3 is 9.47 Å². The van der Waals surface area contributed by atoms with Crippen molar-refractivity contribution in [2.75, 3.05) is 4.90 Å². The number of carbonyl (C=O) groups excluding carboxylic acids is 2. The fourth-order valence-corrected chi connectivity index (χ4v) is 3.28. The topological polar surface area (TPSA) is 55.8 Å². The lowest BCUT2D eigenvalue weighted by Gasteiger charge is -2.35. The molecule has 130 valence electrons. The minimum atomic E-state index is -1.12. The van der Waals surface area contributed by atoms with Crippen LogP contribution in [-0.2, 0) is 31.9 Å². The maximum atomic E-state index is 14.4. The smallest absolute Gasteiger partial charge is 0.332 e. The van der Waals surface area contributed by atoms with Crippen LogP contribution >= 0.6 is 11.6 Å². The van der Waals surface area contributed by atoms with Gasteiger partial charge in [0.1, 0.15) is 12.2 Å². The predicted molar refractivity (Wildman–Crippen MR) is 86.3 cm³/mol. The van der Waals surface area contributed by atoms with E-state index in [9.17, 15) is 14.0 Å². The second kappa shape index (κ2) is 6.59. The lowest BCUT2D eigenvalue weighted by molar-refractivity contribution is -0.203. The van der Waals surface area contributed by atoms with Gasteiger partial charge in [0.2, 0.25) is 0 Å². The van der Waals surface area contributed by atoms with E-state index in [4.69, 9.17) is 21.1 Å². The molecule has 7 heteroatoms. The number of benzene rings is 1. The summed E-state index contributed by atoms with van der Waals surface area (Å²) in [7, 11) is 0. The number of hydrogen-bond acceptors (Lipinski definition) is 5. The molecule has 0 unspecified atom stereocenters. The molecule has 0 aromatic heterocycles. The van der Waals surface area contributed by atoms with Gasteiger partial charge in [-0.25, -0.2) is 4.39 Å². The van der Waals surface area contributed by atoms with Gasteiger partial charge in [-0.2, -0.15) is 0 Å². The Labute approximate surface area is 144 Å². The zero-order valence-corrected chi connectivity index (χ0v) is 14.4. The number of carbonyl (C=O) groups is 2. The van der Waals surface area contributed by atoms with Crippen LogP contribution in [0.3, 0.4) is 0 Å².